The second-order valence-electron chi connectivity index (χ2n) is 5.66. The lowest BCUT2D eigenvalue weighted by atomic mass is 10.3. The lowest BCUT2D eigenvalue weighted by Crippen LogP contribution is -2.32. The standard InChI is InChI=1S/C17H24N4O3/c1-4-8-21(9-5-2)17(23)14-12-16(19(3)18-14)24-13-15(22)20-10-6-7-11-20/h4-5,12H,1-2,6-11,13H2,3H3. The number of amides is 2. The van der Waals surface area contributed by atoms with Crippen molar-refractivity contribution in [2.24, 2.45) is 7.05 Å². The minimum absolute atomic E-state index is 0.0403. The van der Waals surface area contributed by atoms with Crippen LogP contribution in [0.1, 0.15) is 23.3 Å². The first kappa shape index (κ1) is 17.8. The van der Waals surface area contributed by atoms with Crippen molar-refractivity contribution in [1.82, 2.24) is 19.6 Å². The number of aromatic nitrogens is 2. The Morgan fingerprint density at radius 3 is 2.50 bits per heavy atom. The Balaban J connectivity index is 2.00. The number of nitrogens with zero attached hydrogens (tertiary/aromatic N) is 4. The number of likely N-dealkylation sites (tertiary alicyclic amines) is 1. The smallest absolute Gasteiger partial charge is 0.275 e. The van der Waals surface area contributed by atoms with Crippen molar-refractivity contribution in [3.8, 4) is 5.88 Å². The first-order valence-electron chi connectivity index (χ1n) is 8.02. The zero-order valence-corrected chi connectivity index (χ0v) is 14.1. The molecule has 2 amide bonds. The molecule has 0 N–H and O–H groups in total. The zero-order valence-electron chi connectivity index (χ0n) is 14.1. The lowest BCUT2D eigenvalue weighted by Gasteiger charge is -2.17. The van der Waals surface area contributed by atoms with Crippen molar-refractivity contribution in [2.45, 2.75) is 12.8 Å². The molecule has 1 fully saturated rings. The largest absolute Gasteiger partial charge is 0.468 e. The number of carbonyl (C=O) groups is 2. The predicted octanol–water partition coefficient (Wildman–Crippen LogP) is 1.24. The summed E-state index contributed by atoms with van der Waals surface area (Å²) in [6.45, 7) is 9.64. The van der Waals surface area contributed by atoms with Crippen LogP contribution in [0.25, 0.3) is 0 Å². The fraction of sp³-hybridized carbons (Fsp3) is 0.471. The maximum atomic E-state index is 12.5. The van der Waals surface area contributed by atoms with Gasteiger partial charge >= 0.3 is 0 Å². The molecule has 0 atom stereocenters. The lowest BCUT2D eigenvalue weighted by molar-refractivity contribution is -0.132. The van der Waals surface area contributed by atoms with Crippen LogP contribution >= 0.6 is 0 Å². The molecular formula is C17H24N4O3. The molecule has 0 bridgehead atoms. The summed E-state index contributed by atoms with van der Waals surface area (Å²) in [5.41, 5.74) is 0.268. The van der Waals surface area contributed by atoms with Gasteiger partial charge in [-0.2, -0.15) is 5.10 Å². The Hall–Kier alpha value is -2.57. The van der Waals surface area contributed by atoms with Gasteiger partial charge in [0.2, 0.25) is 5.88 Å². The van der Waals surface area contributed by atoms with Crippen LogP contribution in [0.4, 0.5) is 0 Å². The van der Waals surface area contributed by atoms with E-state index in [0.717, 1.165) is 25.9 Å². The predicted molar refractivity (Wildman–Crippen MR) is 90.8 cm³/mol. The van der Waals surface area contributed by atoms with Crippen LogP contribution in [0.15, 0.2) is 31.4 Å². The Morgan fingerprint density at radius 2 is 1.92 bits per heavy atom. The highest BCUT2D eigenvalue weighted by atomic mass is 16.5. The summed E-state index contributed by atoms with van der Waals surface area (Å²) in [7, 11) is 1.68. The molecule has 0 radical (unpaired) electrons. The van der Waals surface area contributed by atoms with E-state index in [2.05, 4.69) is 18.3 Å². The Kier molecular flexibility index (Phi) is 6.17. The molecule has 0 spiro atoms. The maximum absolute atomic E-state index is 12.5. The summed E-state index contributed by atoms with van der Waals surface area (Å²) in [6.07, 6.45) is 5.38. The Labute approximate surface area is 142 Å². The summed E-state index contributed by atoms with van der Waals surface area (Å²) in [6, 6.07) is 1.55. The van der Waals surface area contributed by atoms with Gasteiger partial charge in [-0.15, -0.1) is 13.2 Å². The van der Waals surface area contributed by atoms with Crippen LogP contribution in [0.2, 0.25) is 0 Å². The van der Waals surface area contributed by atoms with E-state index >= 15 is 0 Å². The van der Waals surface area contributed by atoms with E-state index in [1.807, 2.05) is 0 Å². The first-order valence-corrected chi connectivity index (χ1v) is 8.02. The van der Waals surface area contributed by atoms with Crippen LogP contribution in [-0.2, 0) is 11.8 Å². The molecule has 24 heavy (non-hydrogen) atoms. The number of hydrogen-bond donors (Lipinski definition) is 0. The molecule has 1 saturated heterocycles. The molecular weight excluding hydrogens is 308 g/mol. The van der Waals surface area contributed by atoms with E-state index in [1.165, 1.54) is 4.68 Å². The number of rotatable bonds is 8. The SMILES string of the molecule is C=CCN(CC=C)C(=O)c1cc(OCC(=O)N2CCCC2)n(C)n1. The van der Waals surface area contributed by atoms with Crippen molar-refractivity contribution >= 4 is 11.8 Å². The third-order valence-corrected chi connectivity index (χ3v) is 3.84. The van der Waals surface area contributed by atoms with E-state index in [0.29, 0.717) is 19.0 Å². The summed E-state index contributed by atoms with van der Waals surface area (Å²) >= 11 is 0. The minimum atomic E-state index is -0.230. The van der Waals surface area contributed by atoms with E-state index in [-0.39, 0.29) is 24.1 Å². The van der Waals surface area contributed by atoms with Crippen molar-refractivity contribution in [2.75, 3.05) is 32.8 Å². The van der Waals surface area contributed by atoms with Gasteiger partial charge < -0.3 is 14.5 Å². The fourth-order valence-corrected chi connectivity index (χ4v) is 2.60. The second-order valence-corrected chi connectivity index (χ2v) is 5.66. The van der Waals surface area contributed by atoms with Crippen molar-refractivity contribution in [1.29, 1.82) is 0 Å². The van der Waals surface area contributed by atoms with Gasteiger partial charge in [0, 0.05) is 39.3 Å². The van der Waals surface area contributed by atoms with E-state index in [4.69, 9.17) is 4.74 Å². The van der Waals surface area contributed by atoms with E-state index in [9.17, 15) is 9.59 Å². The highest BCUT2D eigenvalue weighted by Crippen LogP contribution is 2.15. The van der Waals surface area contributed by atoms with Gasteiger partial charge in [-0.25, -0.2) is 4.68 Å². The number of ether oxygens (including phenoxy) is 1. The number of aryl methyl sites for hydroxylation is 1. The van der Waals surface area contributed by atoms with Gasteiger partial charge in [0.15, 0.2) is 12.3 Å². The normalized spacial score (nSPS) is 13.6. The van der Waals surface area contributed by atoms with Gasteiger partial charge in [-0.3, -0.25) is 9.59 Å². The van der Waals surface area contributed by atoms with Crippen molar-refractivity contribution < 1.29 is 14.3 Å². The molecule has 1 aliphatic heterocycles. The highest BCUT2D eigenvalue weighted by Gasteiger charge is 2.21. The van der Waals surface area contributed by atoms with Gasteiger partial charge in [0.1, 0.15) is 0 Å². The van der Waals surface area contributed by atoms with E-state index < -0.39 is 0 Å². The molecule has 7 nitrogen and oxygen atoms in total. The van der Waals surface area contributed by atoms with Gasteiger partial charge in [-0.05, 0) is 12.8 Å². The highest BCUT2D eigenvalue weighted by molar-refractivity contribution is 5.92. The van der Waals surface area contributed by atoms with Crippen LogP contribution in [0.3, 0.4) is 0 Å². The third kappa shape index (κ3) is 4.24. The number of hydrogen-bond acceptors (Lipinski definition) is 4. The first-order chi connectivity index (χ1) is 11.6. The molecule has 1 aliphatic rings. The molecule has 130 valence electrons. The fourth-order valence-electron chi connectivity index (χ4n) is 2.60. The molecule has 0 aromatic carbocycles. The molecule has 2 rings (SSSR count). The van der Waals surface area contributed by atoms with Gasteiger partial charge in [0.05, 0.1) is 0 Å². The summed E-state index contributed by atoms with van der Waals surface area (Å²) in [5, 5.41) is 4.18. The van der Waals surface area contributed by atoms with E-state index in [1.54, 1.807) is 35.1 Å². The molecule has 0 aliphatic carbocycles. The molecule has 1 aromatic rings. The van der Waals surface area contributed by atoms with Gasteiger partial charge in [0.25, 0.3) is 11.8 Å². The van der Waals surface area contributed by atoms with Crippen LogP contribution in [-0.4, -0.2) is 64.2 Å². The molecule has 0 saturated carbocycles. The molecule has 7 heteroatoms. The second kappa shape index (κ2) is 8.33. The van der Waals surface area contributed by atoms with Crippen LogP contribution < -0.4 is 4.74 Å². The Bertz CT molecular complexity index is 607. The molecule has 1 aromatic heterocycles. The summed E-state index contributed by atoms with van der Waals surface area (Å²) in [5.74, 6) is 0.121. The topological polar surface area (TPSA) is 67.7 Å². The van der Waals surface area contributed by atoms with Crippen LogP contribution in [0.5, 0.6) is 5.88 Å². The van der Waals surface area contributed by atoms with Gasteiger partial charge in [-0.1, -0.05) is 12.2 Å². The number of carbonyl (C=O) groups excluding carboxylic acids is 2. The quantitative estimate of drug-likeness (QED) is 0.672. The average Bonchev–Trinajstić information content (AvgIpc) is 3.22. The molecule has 0 unspecified atom stereocenters. The summed E-state index contributed by atoms with van der Waals surface area (Å²) in [4.78, 5) is 27.8. The third-order valence-electron chi connectivity index (χ3n) is 3.84. The minimum Gasteiger partial charge on any atom is -0.468 e. The maximum Gasteiger partial charge on any atom is 0.275 e. The van der Waals surface area contributed by atoms with Crippen molar-refractivity contribution in [3.63, 3.8) is 0 Å². The Morgan fingerprint density at radius 1 is 1.29 bits per heavy atom. The van der Waals surface area contributed by atoms with Crippen LogP contribution in [0, 0.1) is 0 Å². The molecule has 2 heterocycles. The zero-order chi connectivity index (χ0) is 17.5. The monoisotopic (exact) mass is 332 g/mol. The van der Waals surface area contributed by atoms with Crippen molar-refractivity contribution in [3.05, 3.63) is 37.1 Å². The average molecular weight is 332 g/mol. The summed E-state index contributed by atoms with van der Waals surface area (Å²) < 4.78 is 7.00.